The summed E-state index contributed by atoms with van der Waals surface area (Å²) >= 11 is 0. The summed E-state index contributed by atoms with van der Waals surface area (Å²) in [6.45, 7) is 3.83. The van der Waals surface area contributed by atoms with E-state index < -0.39 is 17.5 Å². The van der Waals surface area contributed by atoms with E-state index >= 15 is 0 Å². The van der Waals surface area contributed by atoms with Crippen LogP contribution in [0.2, 0.25) is 0 Å². The minimum absolute atomic E-state index is 0.191. The Morgan fingerprint density at radius 3 is 2.58 bits per heavy atom. The van der Waals surface area contributed by atoms with Crippen molar-refractivity contribution in [2.75, 3.05) is 13.2 Å². The van der Waals surface area contributed by atoms with Gasteiger partial charge in [-0.3, -0.25) is 14.5 Å². The van der Waals surface area contributed by atoms with Crippen molar-refractivity contribution in [1.82, 2.24) is 15.5 Å². The van der Waals surface area contributed by atoms with Gasteiger partial charge in [-0.05, 0) is 44.4 Å². The molecule has 1 aliphatic heterocycles. The Kier molecular flexibility index (Phi) is 4.17. The second-order valence-electron chi connectivity index (χ2n) is 6.25. The van der Waals surface area contributed by atoms with Gasteiger partial charge in [-0.2, -0.15) is 0 Å². The molecule has 2 aliphatic rings. The number of nitrogens with zero attached hydrogens (tertiary/aromatic N) is 1. The molecule has 1 heterocycles. The molecule has 24 heavy (non-hydrogen) atoms. The monoisotopic (exact) mass is 331 g/mol. The van der Waals surface area contributed by atoms with Crippen LogP contribution in [0.4, 0.5) is 4.79 Å². The summed E-state index contributed by atoms with van der Waals surface area (Å²) in [6.07, 6.45) is 1.91. The molecule has 0 aromatic heterocycles. The molecule has 1 saturated carbocycles. The fourth-order valence-corrected chi connectivity index (χ4v) is 2.73. The van der Waals surface area contributed by atoms with Crippen LogP contribution in [-0.4, -0.2) is 41.9 Å². The second kappa shape index (κ2) is 6.14. The predicted molar refractivity (Wildman–Crippen MR) is 86.4 cm³/mol. The first kappa shape index (κ1) is 16.3. The normalized spacial score (nSPS) is 23.2. The highest BCUT2D eigenvalue weighted by atomic mass is 16.5. The van der Waals surface area contributed by atoms with Crippen LogP contribution >= 0.6 is 0 Å². The van der Waals surface area contributed by atoms with Crippen LogP contribution in [0.5, 0.6) is 5.75 Å². The third kappa shape index (κ3) is 3.06. The maximum atomic E-state index is 12.7. The van der Waals surface area contributed by atoms with Crippen LogP contribution < -0.4 is 15.4 Å². The summed E-state index contributed by atoms with van der Waals surface area (Å²) in [6, 6.07) is 6.64. The molecule has 0 spiro atoms. The van der Waals surface area contributed by atoms with Gasteiger partial charge in [0.05, 0.1) is 6.61 Å². The first-order valence-corrected chi connectivity index (χ1v) is 8.11. The molecule has 1 aromatic rings. The third-order valence-electron chi connectivity index (χ3n) is 4.26. The van der Waals surface area contributed by atoms with Crippen molar-refractivity contribution in [2.24, 2.45) is 0 Å². The van der Waals surface area contributed by atoms with Crippen molar-refractivity contribution < 1.29 is 19.1 Å². The van der Waals surface area contributed by atoms with Crippen molar-refractivity contribution in [3.63, 3.8) is 0 Å². The van der Waals surface area contributed by atoms with Gasteiger partial charge in [0, 0.05) is 6.04 Å². The zero-order valence-electron chi connectivity index (χ0n) is 13.8. The maximum Gasteiger partial charge on any atom is 0.325 e. The molecule has 1 unspecified atom stereocenters. The largest absolute Gasteiger partial charge is 0.494 e. The van der Waals surface area contributed by atoms with Gasteiger partial charge in [0.25, 0.3) is 5.91 Å². The van der Waals surface area contributed by atoms with Gasteiger partial charge < -0.3 is 15.4 Å². The molecule has 0 bridgehead atoms. The van der Waals surface area contributed by atoms with E-state index in [4.69, 9.17) is 4.74 Å². The maximum absolute atomic E-state index is 12.7. The third-order valence-corrected chi connectivity index (χ3v) is 4.26. The number of nitrogens with one attached hydrogen (secondary N) is 2. The number of ether oxygens (including phenoxy) is 1. The zero-order valence-corrected chi connectivity index (χ0v) is 13.8. The number of imide groups is 1. The van der Waals surface area contributed by atoms with Crippen LogP contribution in [0, 0.1) is 0 Å². The van der Waals surface area contributed by atoms with Gasteiger partial charge in [0.15, 0.2) is 0 Å². The highest BCUT2D eigenvalue weighted by Crippen LogP contribution is 2.30. The summed E-state index contributed by atoms with van der Waals surface area (Å²) in [4.78, 5) is 37.8. The minimum atomic E-state index is -1.18. The number of hydrogen-bond donors (Lipinski definition) is 2. The number of urea groups is 1. The zero-order chi connectivity index (χ0) is 17.3. The molecule has 7 heteroatoms. The van der Waals surface area contributed by atoms with Gasteiger partial charge in [-0.1, -0.05) is 12.1 Å². The molecular formula is C17H21N3O4. The van der Waals surface area contributed by atoms with E-state index in [2.05, 4.69) is 10.6 Å². The summed E-state index contributed by atoms with van der Waals surface area (Å²) < 4.78 is 5.39. The van der Waals surface area contributed by atoms with Gasteiger partial charge in [-0.15, -0.1) is 0 Å². The number of hydrogen-bond acceptors (Lipinski definition) is 4. The molecule has 1 saturated heterocycles. The fraction of sp³-hybridized carbons (Fsp3) is 0.471. The Hall–Kier alpha value is -2.57. The smallest absolute Gasteiger partial charge is 0.325 e. The lowest BCUT2D eigenvalue weighted by Gasteiger charge is -2.22. The standard InChI is InChI=1S/C17H21N3O4/c1-3-24-13-8-4-11(5-9-13)17(2)15(22)20(16(23)19-17)10-14(21)18-12-6-7-12/h4-5,8-9,12H,3,6-7,10H2,1-2H3,(H,18,21)(H,19,23). The number of benzene rings is 1. The Balaban J connectivity index is 1.74. The highest BCUT2D eigenvalue weighted by Gasteiger charge is 2.49. The van der Waals surface area contributed by atoms with E-state index in [1.54, 1.807) is 31.2 Å². The van der Waals surface area contributed by atoms with Crippen molar-refractivity contribution in [3.8, 4) is 5.75 Å². The quantitative estimate of drug-likeness (QED) is 0.765. The first-order chi connectivity index (χ1) is 11.4. The van der Waals surface area contributed by atoms with Crippen LogP contribution in [0.3, 0.4) is 0 Å². The van der Waals surface area contributed by atoms with Gasteiger partial charge in [-0.25, -0.2) is 4.79 Å². The van der Waals surface area contributed by atoms with Crippen LogP contribution in [-0.2, 0) is 15.1 Å². The summed E-state index contributed by atoms with van der Waals surface area (Å²) in [5, 5.41) is 5.47. The van der Waals surface area contributed by atoms with Gasteiger partial charge in [0.1, 0.15) is 17.8 Å². The average molecular weight is 331 g/mol. The topological polar surface area (TPSA) is 87.7 Å². The molecule has 1 aliphatic carbocycles. The SMILES string of the molecule is CCOc1ccc(C2(C)NC(=O)N(CC(=O)NC3CC3)C2=O)cc1. The molecule has 4 amide bonds. The van der Waals surface area contributed by atoms with Crippen molar-refractivity contribution in [3.05, 3.63) is 29.8 Å². The lowest BCUT2D eigenvalue weighted by Crippen LogP contribution is -2.43. The van der Waals surface area contributed by atoms with Crippen molar-refractivity contribution in [2.45, 2.75) is 38.3 Å². The van der Waals surface area contributed by atoms with Gasteiger partial charge in [0.2, 0.25) is 5.91 Å². The summed E-state index contributed by atoms with van der Waals surface area (Å²) in [5.41, 5.74) is -0.531. The Bertz CT molecular complexity index is 669. The van der Waals surface area contributed by atoms with Crippen LogP contribution in [0.25, 0.3) is 0 Å². The minimum Gasteiger partial charge on any atom is -0.494 e. The molecule has 128 valence electrons. The number of amides is 4. The van der Waals surface area contributed by atoms with E-state index in [0.717, 1.165) is 17.7 Å². The first-order valence-electron chi connectivity index (χ1n) is 8.11. The molecule has 2 N–H and O–H groups in total. The lowest BCUT2D eigenvalue weighted by molar-refractivity contribution is -0.134. The summed E-state index contributed by atoms with van der Waals surface area (Å²) in [7, 11) is 0. The molecule has 1 aromatic carbocycles. The number of carbonyl (C=O) groups excluding carboxylic acids is 3. The number of carbonyl (C=O) groups is 3. The molecular weight excluding hydrogens is 310 g/mol. The molecule has 7 nitrogen and oxygen atoms in total. The van der Waals surface area contributed by atoms with E-state index in [0.29, 0.717) is 17.9 Å². The Labute approximate surface area is 140 Å². The second-order valence-corrected chi connectivity index (χ2v) is 6.25. The van der Waals surface area contributed by atoms with Crippen molar-refractivity contribution in [1.29, 1.82) is 0 Å². The molecule has 2 fully saturated rings. The van der Waals surface area contributed by atoms with E-state index in [1.165, 1.54) is 0 Å². The average Bonchev–Trinajstić information content (AvgIpc) is 3.33. The lowest BCUT2D eigenvalue weighted by atomic mass is 9.92. The van der Waals surface area contributed by atoms with E-state index in [-0.39, 0.29) is 18.5 Å². The Morgan fingerprint density at radius 1 is 1.33 bits per heavy atom. The molecule has 0 radical (unpaired) electrons. The van der Waals surface area contributed by atoms with Crippen LogP contribution in [0.15, 0.2) is 24.3 Å². The fourth-order valence-electron chi connectivity index (χ4n) is 2.73. The predicted octanol–water partition coefficient (Wildman–Crippen LogP) is 1.13. The van der Waals surface area contributed by atoms with Gasteiger partial charge >= 0.3 is 6.03 Å². The molecule has 3 rings (SSSR count). The number of rotatable bonds is 6. The van der Waals surface area contributed by atoms with E-state index in [1.807, 2.05) is 6.92 Å². The summed E-state index contributed by atoms with van der Waals surface area (Å²) in [5.74, 6) is -0.0400. The van der Waals surface area contributed by atoms with E-state index in [9.17, 15) is 14.4 Å². The molecule has 1 atom stereocenters. The van der Waals surface area contributed by atoms with Crippen LogP contribution in [0.1, 0.15) is 32.3 Å². The highest BCUT2D eigenvalue weighted by molar-refractivity contribution is 6.09. The van der Waals surface area contributed by atoms with Crippen molar-refractivity contribution >= 4 is 17.8 Å². The Morgan fingerprint density at radius 2 is 2.00 bits per heavy atom.